The summed E-state index contributed by atoms with van der Waals surface area (Å²) in [5, 5.41) is 3.13. The average Bonchev–Trinajstić information content (AvgIpc) is 2.79. The molecule has 1 amide bonds. The van der Waals surface area contributed by atoms with Crippen LogP contribution in [0.3, 0.4) is 0 Å². The van der Waals surface area contributed by atoms with E-state index in [0.29, 0.717) is 5.75 Å². The Morgan fingerprint density at radius 3 is 2.17 bits per heavy atom. The Bertz CT molecular complexity index is 797. The third-order valence-electron chi connectivity index (χ3n) is 5.79. The molecule has 0 aliphatic carbocycles. The quantitative estimate of drug-likeness (QED) is 0.774. The summed E-state index contributed by atoms with van der Waals surface area (Å²) in [5.74, 6) is 0.587. The minimum Gasteiger partial charge on any atom is -0.484 e. The monoisotopic (exact) mass is 393 g/mol. The van der Waals surface area contributed by atoms with Crippen LogP contribution in [-0.4, -0.2) is 38.7 Å². The molecule has 154 valence electrons. The molecule has 0 spiro atoms. The number of benzene rings is 2. The molecule has 0 aromatic heterocycles. The highest BCUT2D eigenvalue weighted by molar-refractivity contribution is 5.96. The molecule has 2 saturated heterocycles. The van der Waals surface area contributed by atoms with Crippen molar-refractivity contribution < 1.29 is 9.53 Å². The van der Waals surface area contributed by atoms with Gasteiger partial charge in [0.25, 0.3) is 5.91 Å². The van der Waals surface area contributed by atoms with Crippen molar-refractivity contribution in [3.05, 3.63) is 48.5 Å². The minimum atomic E-state index is -0.122. The highest BCUT2D eigenvalue weighted by Gasteiger charge is 2.19. The number of carbonyl (C=O) groups excluding carboxylic acids is 1. The molecular formula is C24H31N3O2. The van der Waals surface area contributed by atoms with E-state index in [1.54, 1.807) is 0 Å². The number of rotatable bonds is 6. The molecule has 4 rings (SSSR count). The molecular weight excluding hydrogens is 362 g/mol. The molecule has 2 aromatic carbocycles. The van der Waals surface area contributed by atoms with Crippen molar-refractivity contribution in [1.29, 1.82) is 0 Å². The maximum absolute atomic E-state index is 12.6. The van der Waals surface area contributed by atoms with E-state index in [-0.39, 0.29) is 12.5 Å². The highest BCUT2D eigenvalue weighted by Crippen LogP contribution is 2.33. The van der Waals surface area contributed by atoms with Gasteiger partial charge in [-0.3, -0.25) is 4.79 Å². The second-order valence-electron chi connectivity index (χ2n) is 7.95. The Morgan fingerprint density at radius 2 is 1.48 bits per heavy atom. The zero-order valence-corrected chi connectivity index (χ0v) is 17.1. The summed E-state index contributed by atoms with van der Waals surface area (Å²) in [6.45, 7) is 4.29. The van der Waals surface area contributed by atoms with Crippen LogP contribution >= 0.6 is 0 Å². The summed E-state index contributed by atoms with van der Waals surface area (Å²) in [4.78, 5) is 17.5. The van der Waals surface area contributed by atoms with Crippen LogP contribution in [-0.2, 0) is 4.79 Å². The number of para-hydroxylation sites is 1. The third-order valence-corrected chi connectivity index (χ3v) is 5.79. The number of nitrogens with zero attached hydrogens (tertiary/aromatic N) is 2. The summed E-state index contributed by atoms with van der Waals surface area (Å²) in [5.41, 5.74) is 3.22. The zero-order chi connectivity index (χ0) is 19.9. The molecule has 1 N–H and O–H groups in total. The van der Waals surface area contributed by atoms with Crippen molar-refractivity contribution in [2.75, 3.05) is 47.9 Å². The molecule has 0 unspecified atom stereocenters. The van der Waals surface area contributed by atoms with Crippen LogP contribution in [0, 0.1) is 0 Å². The Morgan fingerprint density at radius 1 is 0.828 bits per heavy atom. The first-order valence-electron chi connectivity index (χ1n) is 10.9. The average molecular weight is 394 g/mol. The van der Waals surface area contributed by atoms with Gasteiger partial charge in [-0.15, -0.1) is 0 Å². The second kappa shape index (κ2) is 9.68. The molecule has 2 aliphatic heterocycles. The SMILES string of the molecule is O=C(COc1ccccc1)Nc1cc(N2CCCCC2)ccc1N1CCCCC1. The van der Waals surface area contributed by atoms with Gasteiger partial charge in [0, 0.05) is 31.9 Å². The van der Waals surface area contributed by atoms with E-state index in [4.69, 9.17) is 4.74 Å². The fourth-order valence-corrected chi connectivity index (χ4v) is 4.24. The number of carbonyl (C=O) groups is 1. The second-order valence-corrected chi connectivity index (χ2v) is 7.95. The number of amides is 1. The van der Waals surface area contributed by atoms with E-state index in [1.165, 1.54) is 44.2 Å². The van der Waals surface area contributed by atoms with Crippen molar-refractivity contribution >= 4 is 23.0 Å². The number of anilines is 3. The van der Waals surface area contributed by atoms with Crippen molar-refractivity contribution in [2.45, 2.75) is 38.5 Å². The lowest BCUT2D eigenvalue weighted by Gasteiger charge is -2.33. The fraction of sp³-hybridized carbons (Fsp3) is 0.458. The standard InChI is InChI=1S/C24H31N3O2/c28-24(19-29-21-10-4-1-5-11-21)25-22-18-20(26-14-6-2-7-15-26)12-13-23(22)27-16-8-3-9-17-27/h1,4-5,10-13,18H,2-3,6-9,14-17,19H2,(H,25,28). The van der Waals surface area contributed by atoms with Crippen LogP contribution < -0.4 is 19.9 Å². The molecule has 2 heterocycles. The van der Waals surface area contributed by atoms with Gasteiger partial charge in [0.2, 0.25) is 0 Å². The number of hydrogen-bond donors (Lipinski definition) is 1. The van der Waals surface area contributed by atoms with Crippen LogP contribution in [0.15, 0.2) is 48.5 Å². The maximum atomic E-state index is 12.6. The smallest absolute Gasteiger partial charge is 0.262 e. The molecule has 5 heteroatoms. The molecule has 2 fully saturated rings. The van der Waals surface area contributed by atoms with Crippen molar-refractivity contribution in [1.82, 2.24) is 0 Å². The minimum absolute atomic E-state index is 0.0113. The van der Waals surface area contributed by atoms with Crippen LogP contribution in [0.1, 0.15) is 38.5 Å². The van der Waals surface area contributed by atoms with E-state index < -0.39 is 0 Å². The van der Waals surface area contributed by atoms with Gasteiger partial charge in [0.15, 0.2) is 6.61 Å². The van der Waals surface area contributed by atoms with Gasteiger partial charge in [0.1, 0.15) is 5.75 Å². The fourth-order valence-electron chi connectivity index (χ4n) is 4.24. The van der Waals surface area contributed by atoms with E-state index in [2.05, 4.69) is 33.3 Å². The normalized spacial score (nSPS) is 17.1. The van der Waals surface area contributed by atoms with Gasteiger partial charge in [0.05, 0.1) is 11.4 Å². The number of nitrogens with one attached hydrogen (secondary N) is 1. The molecule has 5 nitrogen and oxygen atoms in total. The highest BCUT2D eigenvalue weighted by atomic mass is 16.5. The van der Waals surface area contributed by atoms with Crippen molar-refractivity contribution in [3.8, 4) is 5.75 Å². The lowest BCUT2D eigenvalue weighted by molar-refractivity contribution is -0.118. The molecule has 0 saturated carbocycles. The largest absolute Gasteiger partial charge is 0.484 e. The summed E-state index contributed by atoms with van der Waals surface area (Å²) in [6.07, 6.45) is 7.48. The van der Waals surface area contributed by atoms with Crippen LogP contribution in [0.4, 0.5) is 17.1 Å². The Hall–Kier alpha value is -2.69. The van der Waals surface area contributed by atoms with Crippen LogP contribution in [0.25, 0.3) is 0 Å². The number of piperidine rings is 2. The summed E-state index contributed by atoms with van der Waals surface area (Å²) < 4.78 is 5.64. The number of hydrogen-bond acceptors (Lipinski definition) is 4. The predicted molar refractivity (Wildman–Crippen MR) is 119 cm³/mol. The predicted octanol–water partition coefficient (Wildman–Crippen LogP) is 4.68. The summed E-state index contributed by atoms with van der Waals surface area (Å²) in [7, 11) is 0. The van der Waals surface area contributed by atoms with Crippen LogP contribution in [0.5, 0.6) is 5.75 Å². The molecule has 29 heavy (non-hydrogen) atoms. The zero-order valence-electron chi connectivity index (χ0n) is 17.1. The van der Waals surface area contributed by atoms with Crippen LogP contribution in [0.2, 0.25) is 0 Å². The van der Waals surface area contributed by atoms with Gasteiger partial charge in [-0.25, -0.2) is 0 Å². The Balaban J connectivity index is 1.50. The lowest BCUT2D eigenvalue weighted by Crippen LogP contribution is -2.32. The molecule has 0 radical (unpaired) electrons. The van der Waals surface area contributed by atoms with Gasteiger partial charge in [-0.05, 0) is 68.9 Å². The van der Waals surface area contributed by atoms with E-state index in [1.807, 2.05) is 30.3 Å². The molecule has 2 aliphatic rings. The Labute approximate surface area is 173 Å². The maximum Gasteiger partial charge on any atom is 0.262 e. The first-order chi connectivity index (χ1) is 14.3. The van der Waals surface area contributed by atoms with Gasteiger partial charge in [-0.2, -0.15) is 0 Å². The first-order valence-corrected chi connectivity index (χ1v) is 10.9. The van der Waals surface area contributed by atoms with Gasteiger partial charge in [-0.1, -0.05) is 18.2 Å². The van der Waals surface area contributed by atoms with E-state index in [0.717, 1.165) is 37.6 Å². The van der Waals surface area contributed by atoms with Crippen molar-refractivity contribution in [3.63, 3.8) is 0 Å². The van der Waals surface area contributed by atoms with E-state index >= 15 is 0 Å². The lowest BCUT2D eigenvalue weighted by atomic mass is 10.1. The van der Waals surface area contributed by atoms with Gasteiger partial charge < -0.3 is 19.9 Å². The first kappa shape index (κ1) is 19.6. The Kier molecular flexibility index (Phi) is 6.55. The molecule has 2 aromatic rings. The molecule has 0 atom stereocenters. The van der Waals surface area contributed by atoms with Gasteiger partial charge >= 0.3 is 0 Å². The van der Waals surface area contributed by atoms with E-state index in [9.17, 15) is 4.79 Å². The third kappa shape index (κ3) is 5.22. The van der Waals surface area contributed by atoms with Crippen molar-refractivity contribution in [2.24, 2.45) is 0 Å². The topological polar surface area (TPSA) is 44.8 Å². The number of ether oxygens (including phenoxy) is 1. The molecule has 0 bridgehead atoms. The summed E-state index contributed by atoms with van der Waals surface area (Å²) >= 11 is 0. The summed E-state index contributed by atoms with van der Waals surface area (Å²) in [6, 6.07) is 16.0.